The highest BCUT2D eigenvalue weighted by atomic mass is 16.3. The molecule has 6 heteroatoms. The molecule has 0 bridgehead atoms. The van der Waals surface area contributed by atoms with Crippen molar-refractivity contribution in [1.82, 2.24) is 10.6 Å². The van der Waals surface area contributed by atoms with Crippen molar-refractivity contribution in [1.29, 1.82) is 0 Å². The van der Waals surface area contributed by atoms with Crippen LogP contribution >= 0.6 is 0 Å². The van der Waals surface area contributed by atoms with Crippen molar-refractivity contribution in [3.63, 3.8) is 0 Å². The van der Waals surface area contributed by atoms with E-state index in [0.29, 0.717) is 6.42 Å². The first-order valence-corrected chi connectivity index (χ1v) is 7.92. The number of furan rings is 2. The van der Waals surface area contributed by atoms with Crippen LogP contribution in [0.5, 0.6) is 0 Å². The molecule has 25 heavy (non-hydrogen) atoms. The Morgan fingerprint density at radius 2 is 1.48 bits per heavy atom. The predicted octanol–water partition coefficient (Wildman–Crippen LogP) is 2.64. The Bertz CT molecular complexity index is 795. The van der Waals surface area contributed by atoms with Gasteiger partial charge in [-0.25, -0.2) is 0 Å². The molecule has 128 valence electrons. The maximum Gasteiger partial charge on any atom is 0.287 e. The molecule has 0 aliphatic heterocycles. The van der Waals surface area contributed by atoms with Crippen LogP contribution in [0.4, 0.5) is 0 Å². The Labute approximate surface area is 144 Å². The summed E-state index contributed by atoms with van der Waals surface area (Å²) < 4.78 is 10.2. The van der Waals surface area contributed by atoms with Gasteiger partial charge >= 0.3 is 0 Å². The van der Waals surface area contributed by atoms with Gasteiger partial charge in [0, 0.05) is 6.54 Å². The summed E-state index contributed by atoms with van der Waals surface area (Å²) in [7, 11) is 0. The molecule has 1 aromatic carbocycles. The number of hydrogen-bond donors (Lipinski definition) is 2. The summed E-state index contributed by atoms with van der Waals surface area (Å²) in [6, 6.07) is 15.9. The highest BCUT2D eigenvalue weighted by Gasteiger charge is 2.18. The summed E-state index contributed by atoms with van der Waals surface area (Å²) in [4.78, 5) is 24.3. The summed E-state index contributed by atoms with van der Waals surface area (Å²) >= 11 is 0. The standard InChI is InChI=1S/C19H18N2O4/c22-18(16-8-4-10-24-16)20-13-15(12-14-6-2-1-3-7-14)21-19(23)17-9-5-11-25-17/h1-11,15H,12-13H2,(H,20,22)(H,21,23). The third-order valence-corrected chi connectivity index (χ3v) is 3.66. The Hall–Kier alpha value is -3.28. The van der Waals surface area contributed by atoms with Crippen LogP contribution in [0.25, 0.3) is 0 Å². The minimum atomic E-state index is -0.324. The van der Waals surface area contributed by atoms with Gasteiger partial charge in [0.1, 0.15) is 0 Å². The van der Waals surface area contributed by atoms with Gasteiger partial charge in [-0.3, -0.25) is 9.59 Å². The second-order valence-electron chi connectivity index (χ2n) is 5.52. The van der Waals surface area contributed by atoms with E-state index in [4.69, 9.17) is 8.83 Å². The van der Waals surface area contributed by atoms with Gasteiger partial charge in [-0.15, -0.1) is 0 Å². The molecule has 6 nitrogen and oxygen atoms in total. The molecule has 2 heterocycles. The van der Waals surface area contributed by atoms with Gasteiger partial charge < -0.3 is 19.5 Å². The van der Waals surface area contributed by atoms with E-state index in [2.05, 4.69) is 10.6 Å². The summed E-state index contributed by atoms with van der Waals surface area (Å²) in [6.45, 7) is 0.265. The number of amides is 2. The minimum absolute atomic E-state index is 0.232. The molecule has 1 atom stereocenters. The molecule has 0 aliphatic carbocycles. The predicted molar refractivity (Wildman–Crippen MR) is 91.1 cm³/mol. The van der Waals surface area contributed by atoms with Crippen LogP contribution in [0.1, 0.15) is 26.7 Å². The fourth-order valence-electron chi connectivity index (χ4n) is 2.45. The highest BCUT2D eigenvalue weighted by Crippen LogP contribution is 2.06. The van der Waals surface area contributed by atoms with E-state index in [1.54, 1.807) is 24.3 Å². The van der Waals surface area contributed by atoms with E-state index in [1.807, 2.05) is 30.3 Å². The Kier molecular flexibility index (Phi) is 5.31. The lowest BCUT2D eigenvalue weighted by molar-refractivity contribution is 0.0881. The smallest absolute Gasteiger partial charge is 0.287 e. The van der Waals surface area contributed by atoms with Crippen LogP contribution in [0.15, 0.2) is 76.0 Å². The maximum absolute atomic E-state index is 12.2. The average Bonchev–Trinajstić information content (AvgIpc) is 3.33. The Morgan fingerprint density at radius 1 is 0.840 bits per heavy atom. The van der Waals surface area contributed by atoms with Gasteiger partial charge in [-0.05, 0) is 36.2 Å². The molecule has 0 radical (unpaired) electrons. The second-order valence-corrected chi connectivity index (χ2v) is 5.52. The van der Waals surface area contributed by atoms with Gasteiger partial charge in [0.25, 0.3) is 11.8 Å². The third kappa shape index (κ3) is 4.60. The van der Waals surface area contributed by atoms with Crippen LogP contribution in [0.2, 0.25) is 0 Å². The molecule has 1 unspecified atom stereocenters. The molecule has 3 rings (SSSR count). The molecule has 2 amide bonds. The zero-order chi connectivity index (χ0) is 17.5. The zero-order valence-electron chi connectivity index (χ0n) is 13.5. The van der Waals surface area contributed by atoms with Crippen molar-refractivity contribution in [2.45, 2.75) is 12.5 Å². The molecule has 0 saturated carbocycles. The second kappa shape index (κ2) is 8.01. The quantitative estimate of drug-likeness (QED) is 0.693. The molecular formula is C19H18N2O4. The van der Waals surface area contributed by atoms with E-state index in [-0.39, 0.29) is 35.9 Å². The summed E-state index contributed by atoms with van der Waals surface area (Å²) in [5.41, 5.74) is 1.06. The molecule has 0 saturated heterocycles. The number of carbonyl (C=O) groups is 2. The van der Waals surface area contributed by atoms with Crippen LogP contribution < -0.4 is 10.6 Å². The lowest BCUT2D eigenvalue weighted by Gasteiger charge is -2.19. The fraction of sp³-hybridized carbons (Fsp3) is 0.158. The van der Waals surface area contributed by atoms with Gasteiger partial charge in [-0.2, -0.15) is 0 Å². The van der Waals surface area contributed by atoms with Crippen LogP contribution in [-0.4, -0.2) is 24.4 Å². The lowest BCUT2D eigenvalue weighted by atomic mass is 10.1. The first-order chi connectivity index (χ1) is 12.2. The molecule has 0 spiro atoms. The fourth-order valence-corrected chi connectivity index (χ4v) is 2.45. The molecule has 3 aromatic rings. The van der Waals surface area contributed by atoms with E-state index in [1.165, 1.54) is 12.5 Å². The number of hydrogen-bond acceptors (Lipinski definition) is 4. The van der Waals surface area contributed by atoms with Gasteiger partial charge in [0.05, 0.1) is 18.6 Å². The molecule has 2 N–H and O–H groups in total. The monoisotopic (exact) mass is 338 g/mol. The number of rotatable bonds is 7. The normalized spacial score (nSPS) is 11.7. The summed E-state index contributed by atoms with van der Waals surface area (Å²) in [6.07, 6.45) is 3.46. The summed E-state index contributed by atoms with van der Waals surface area (Å²) in [5, 5.41) is 5.67. The summed E-state index contributed by atoms with van der Waals surface area (Å²) in [5.74, 6) is -0.181. The molecule has 0 aliphatic rings. The van der Waals surface area contributed by atoms with E-state index in [0.717, 1.165) is 5.56 Å². The minimum Gasteiger partial charge on any atom is -0.459 e. The van der Waals surface area contributed by atoms with Gasteiger partial charge in [0.15, 0.2) is 11.5 Å². The van der Waals surface area contributed by atoms with E-state index >= 15 is 0 Å². The van der Waals surface area contributed by atoms with Crippen LogP contribution in [0.3, 0.4) is 0 Å². The molecular weight excluding hydrogens is 320 g/mol. The number of carbonyl (C=O) groups excluding carboxylic acids is 2. The zero-order valence-corrected chi connectivity index (χ0v) is 13.5. The van der Waals surface area contributed by atoms with Crippen molar-refractivity contribution >= 4 is 11.8 Å². The topological polar surface area (TPSA) is 84.5 Å². The lowest BCUT2D eigenvalue weighted by Crippen LogP contribution is -2.44. The third-order valence-electron chi connectivity index (χ3n) is 3.66. The SMILES string of the molecule is O=C(NCC(Cc1ccccc1)NC(=O)c1ccco1)c1ccco1. The number of nitrogens with one attached hydrogen (secondary N) is 2. The van der Waals surface area contributed by atoms with Crippen LogP contribution in [0, 0.1) is 0 Å². The first kappa shape index (κ1) is 16.6. The van der Waals surface area contributed by atoms with Crippen molar-refractivity contribution < 1.29 is 18.4 Å². The average molecular weight is 338 g/mol. The molecule has 2 aromatic heterocycles. The molecule has 0 fully saturated rings. The number of benzene rings is 1. The van der Waals surface area contributed by atoms with Crippen molar-refractivity contribution in [2.75, 3.05) is 6.54 Å². The van der Waals surface area contributed by atoms with E-state index < -0.39 is 0 Å². The van der Waals surface area contributed by atoms with Gasteiger partial charge in [-0.1, -0.05) is 30.3 Å². The van der Waals surface area contributed by atoms with E-state index in [9.17, 15) is 9.59 Å². The van der Waals surface area contributed by atoms with Crippen molar-refractivity contribution in [2.24, 2.45) is 0 Å². The Balaban J connectivity index is 1.65. The van der Waals surface area contributed by atoms with Gasteiger partial charge in [0.2, 0.25) is 0 Å². The first-order valence-electron chi connectivity index (χ1n) is 7.92. The maximum atomic E-state index is 12.2. The van der Waals surface area contributed by atoms with Crippen LogP contribution in [-0.2, 0) is 6.42 Å². The van der Waals surface area contributed by atoms with Crippen molar-refractivity contribution in [3.8, 4) is 0 Å². The highest BCUT2D eigenvalue weighted by molar-refractivity contribution is 5.92. The van der Waals surface area contributed by atoms with Crippen molar-refractivity contribution in [3.05, 3.63) is 84.2 Å². The Morgan fingerprint density at radius 3 is 2.08 bits per heavy atom. The largest absolute Gasteiger partial charge is 0.459 e.